The Morgan fingerprint density at radius 1 is 1.03 bits per heavy atom. The minimum atomic E-state index is -2.40. The zero-order chi connectivity index (χ0) is 24.1. The summed E-state index contributed by atoms with van der Waals surface area (Å²) in [6, 6.07) is 8.90. The quantitative estimate of drug-likeness (QED) is 0.650. The van der Waals surface area contributed by atoms with E-state index in [1.165, 1.54) is 6.92 Å². The summed E-state index contributed by atoms with van der Waals surface area (Å²) in [5.74, 6) is -4.69. The molecule has 0 aliphatic heterocycles. The van der Waals surface area contributed by atoms with Crippen LogP contribution in [0.5, 0.6) is 0 Å². The van der Waals surface area contributed by atoms with Crippen molar-refractivity contribution in [1.82, 2.24) is 5.32 Å². The van der Waals surface area contributed by atoms with Crippen LogP contribution in [-0.2, 0) is 19.1 Å². The standard InChI is InChI=1S/C23H25F3N2O4/c1-14(27-21(30)20(26)15-10-16(24)12-17(25)11-15)22(31)28(18-8-6-5-7-9-18)13-19(29)32-23(2,3)4/h5-12,14,20H,13H2,1-4H3,(H,27,30)/t14-,20?/m0/s1. The first-order chi connectivity index (χ1) is 14.9. The summed E-state index contributed by atoms with van der Waals surface area (Å²) >= 11 is 0. The van der Waals surface area contributed by atoms with Crippen molar-refractivity contribution < 1.29 is 32.3 Å². The molecular formula is C23H25F3N2O4. The fourth-order valence-corrected chi connectivity index (χ4v) is 2.86. The van der Waals surface area contributed by atoms with Crippen LogP contribution in [0.25, 0.3) is 0 Å². The molecule has 0 fully saturated rings. The van der Waals surface area contributed by atoms with E-state index in [9.17, 15) is 27.6 Å². The first kappa shape index (κ1) is 24.9. The van der Waals surface area contributed by atoms with Gasteiger partial charge in [0.25, 0.3) is 5.91 Å². The number of nitrogens with one attached hydrogen (secondary N) is 1. The summed E-state index contributed by atoms with van der Waals surface area (Å²) < 4.78 is 46.4. The lowest BCUT2D eigenvalue weighted by Gasteiger charge is -2.27. The molecule has 1 N–H and O–H groups in total. The van der Waals surface area contributed by atoms with Crippen molar-refractivity contribution in [3.05, 3.63) is 65.7 Å². The minimum absolute atomic E-state index is 0.369. The molecule has 172 valence electrons. The Hall–Kier alpha value is -3.36. The van der Waals surface area contributed by atoms with E-state index >= 15 is 0 Å². The molecule has 2 aromatic rings. The van der Waals surface area contributed by atoms with Crippen LogP contribution in [-0.4, -0.2) is 36.0 Å². The highest BCUT2D eigenvalue weighted by atomic mass is 19.1. The van der Waals surface area contributed by atoms with E-state index in [1.54, 1.807) is 51.1 Å². The molecule has 0 saturated carbocycles. The van der Waals surface area contributed by atoms with Gasteiger partial charge in [0.2, 0.25) is 12.1 Å². The van der Waals surface area contributed by atoms with Crippen LogP contribution in [0.3, 0.4) is 0 Å². The second-order valence-corrected chi connectivity index (χ2v) is 8.14. The van der Waals surface area contributed by atoms with E-state index in [0.717, 1.165) is 4.90 Å². The van der Waals surface area contributed by atoms with E-state index in [2.05, 4.69) is 5.32 Å². The number of nitrogens with zero attached hydrogens (tertiary/aromatic N) is 1. The Morgan fingerprint density at radius 3 is 2.12 bits per heavy atom. The lowest BCUT2D eigenvalue weighted by atomic mass is 10.1. The van der Waals surface area contributed by atoms with Gasteiger partial charge >= 0.3 is 5.97 Å². The smallest absolute Gasteiger partial charge is 0.326 e. The molecule has 2 aromatic carbocycles. The minimum Gasteiger partial charge on any atom is -0.459 e. The molecule has 32 heavy (non-hydrogen) atoms. The molecular weight excluding hydrogens is 425 g/mol. The number of alkyl halides is 1. The average molecular weight is 450 g/mol. The molecule has 0 aliphatic rings. The van der Waals surface area contributed by atoms with Crippen LogP contribution < -0.4 is 10.2 Å². The molecule has 0 saturated heterocycles. The second-order valence-electron chi connectivity index (χ2n) is 8.14. The van der Waals surface area contributed by atoms with Crippen molar-refractivity contribution in [3.8, 4) is 0 Å². The molecule has 2 amide bonds. The Balaban J connectivity index is 2.17. The second kappa shape index (κ2) is 10.3. The van der Waals surface area contributed by atoms with Gasteiger partial charge in [-0.15, -0.1) is 0 Å². The van der Waals surface area contributed by atoms with Crippen LogP contribution in [0.1, 0.15) is 39.4 Å². The number of amides is 2. The number of para-hydroxylation sites is 1. The van der Waals surface area contributed by atoms with Crippen LogP contribution in [0.2, 0.25) is 0 Å². The van der Waals surface area contributed by atoms with E-state index in [-0.39, 0.29) is 0 Å². The SMILES string of the molecule is C[C@H](NC(=O)C(F)c1cc(F)cc(F)c1)C(=O)N(CC(=O)OC(C)(C)C)c1ccccc1. The van der Waals surface area contributed by atoms with Gasteiger partial charge in [0.1, 0.15) is 29.8 Å². The first-order valence-corrected chi connectivity index (χ1v) is 9.86. The number of carbonyl (C=O) groups excluding carboxylic acids is 3. The number of hydrogen-bond donors (Lipinski definition) is 1. The number of hydrogen-bond acceptors (Lipinski definition) is 4. The monoisotopic (exact) mass is 450 g/mol. The summed E-state index contributed by atoms with van der Waals surface area (Å²) in [5, 5.41) is 2.19. The third-order valence-corrected chi connectivity index (χ3v) is 4.18. The maximum atomic E-state index is 14.5. The fourth-order valence-electron chi connectivity index (χ4n) is 2.86. The normalized spacial score (nSPS) is 13.1. The first-order valence-electron chi connectivity index (χ1n) is 9.86. The van der Waals surface area contributed by atoms with E-state index in [1.807, 2.05) is 0 Å². The van der Waals surface area contributed by atoms with Crippen molar-refractivity contribution in [1.29, 1.82) is 0 Å². The highest BCUT2D eigenvalue weighted by molar-refractivity contribution is 6.02. The van der Waals surface area contributed by atoms with Crippen molar-refractivity contribution in [2.75, 3.05) is 11.4 Å². The number of rotatable bonds is 7. The van der Waals surface area contributed by atoms with Crippen LogP contribution in [0.15, 0.2) is 48.5 Å². The molecule has 9 heteroatoms. The summed E-state index contributed by atoms with van der Waals surface area (Å²) in [4.78, 5) is 38.7. The molecule has 0 spiro atoms. The van der Waals surface area contributed by atoms with Gasteiger partial charge in [-0.3, -0.25) is 19.3 Å². The van der Waals surface area contributed by atoms with E-state index in [0.29, 0.717) is 23.9 Å². The lowest BCUT2D eigenvalue weighted by Crippen LogP contribution is -2.50. The summed E-state index contributed by atoms with van der Waals surface area (Å²) in [5.41, 5.74) is -0.925. The predicted octanol–water partition coefficient (Wildman–Crippen LogP) is 3.86. The molecule has 0 aromatic heterocycles. The maximum Gasteiger partial charge on any atom is 0.326 e. The third kappa shape index (κ3) is 7.11. The maximum absolute atomic E-state index is 14.5. The van der Waals surface area contributed by atoms with Gasteiger partial charge < -0.3 is 10.1 Å². The van der Waals surface area contributed by atoms with E-state index < -0.39 is 59.3 Å². The molecule has 6 nitrogen and oxygen atoms in total. The summed E-state index contributed by atoms with van der Waals surface area (Å²) in [6.45, 7) is 5.91. The number of anilines is 1. The van der Waals surface area contributed by atoms with Gasteiger partial charge in [-0.25, -0.2) is 13.2 Å². The molecule has 2 atom stereocenters. The van der Waals surface area contributed by atoms with Gasteiger partial charge in [0, 0.05) is 17.3 Å². The van der Waals surface area contributed by atoms with Crippen LogP contribution in [0, 0.1) is 11.6 Å². The van der Waals surface area contributed by atoms with Crippen molar-refractivity contribution in [2.45, 2.75) is 45.5 Å². The largest absolute Gasteiger partial charge is 0.459 e. The Kier molecular flexibility index (Phi) is 8.02. The number of carbonyl (C=O) groups is 3. The van der Waals surface area contributed by atoms with Gasteiger partial charge in [-0.1, -0.05) is 18.2 Å². The summed E-state index contributed by atoms with van der Waals surface area (Å²) in [7, 11) is 0. The molecule has 0 aliphatic carbocycles. The van der Waals surface area contributed by atoms with Crippen molar-refractivity contribution in [3.63, 3.8) is 0 Å². The Bertz CT molecular complexity index is 957. The number of esters is 1. The molecule has 0 radical (unpaired) electrons. The fraction of sp³-hybridized carbons (Fsp3) is 0.348. The highest BCUT2D eigenvalue weighted by Crippen LogP contribution is 2.21. The molecule has 0 heterocycles. The Morgan fingerprint density at radius 2 is 1.59 bits per heavy atom. The van der Waals surface area contributed by atoms with Crippen molar-refractivity contribution >= 4 is 23.5 Å². The Labute approximate surface area is 184 Å². The van der Waals surface area contributed by atoms with E-state index in [4.69, 9.17) is 4.74 Å². The molecule has 1 unspecified atom stereocenters. The van der Waals surface area contributed by atoms with Gasteiger partial charge in [-0.2, -0.15) is 0 Å². The average Bonchev–Trinajstić information content (AvgIpc) is 2.69. The summed E-state index contributed by atoms with van der Waals surface area (Å²) in [6.07, 6.45) is -2.40. The number of benzene rings is 2. The van der Waals surface area contributed by atoms with Crippen LogP contribution >= 0.6 is 0 Å². The number of halogens is 3. The van der Waals surface area contributed by atoms with Gasteiger partial charge in [0.05, 0.1) is 0 Å². The zero-order valence-electron chi connectivity index (χ0n) is 18.2. The number of ether oxygens (including phenoxy) is 1. The topological polar surface area (TPSA) is 75.7 Å². The third-order valence-electron chi connectivity index (χ3n) is 4.18. The molecule has 2 rings (SSSR count). The van der Waals surface area contributed by atoms with Crippen LogP contribution in [0.4, 0.5) is 18.9 Å². The molecule has 0 bridgehead atoms. The predicted molar refractivity (Wildman–Crippen MR) is 112 cm³/mol. The lowest BCUT2D eigenvalue weighted by molar-refractivity contribution is -0.153. The van der Waals surface area contributed by atoms with Gasteiger partial charge in [0.15, 0.2) is 0 Å². The van der Waals surface area contributed by atoms with Gasteiger partial charge in [-0.05, 0) is 52.0 Å². The highest BCUT2D eigenvalue weighted by Gasteiger charge is 2.30. The van der Waals surface area contributed by atoms with Crippen molar-refractivity contribution in [2.24, 2.45) is 0 Å². The zero-order valence-corrected chi connectivity index (χ0v) is 18.2.